The summed E-state index contributed by atoms with van der Waals surface area (Å²) >= 11 is 0. The third kappa shape index (κ3) is 17.0. The van der Waals surface area contributed by atoms with Gasteiger partial charge in [0, 0.05) is 23.9 Å². The van der Waals surface area contributed by atoms with E-state index in [0.29, 0.717) is 136 Å². The Labute approximate surface area is 478 Å². The third-order valence-electron chi connectivity index (χ3n) is 15.7. The first kappa shape index (κ1) is 63.0. The summed E-state index contributed by atoms with van der Waals surface area (Å²) < 4.78 is 52.8. The summed E-state index contributed by atoms with van der Waals surface area (Å²) in [5, 5.41) is 0. The topological polar surface area (TPSA) is 192 Å². The molecule has 6 rings (SSSR count). The number of hydrogen-bond donors (Lipinski definition) is 0. The molecule has 4 aromatic carbocycles. The first-order valence-corrected chi connectivity index (χ1v) is 28.4. The summed E-state index contributed by atoms with van der Waals surface area (Å²) in [4.78, 5) is 85.0. The number of carbonyl (C=O) groups is 6. The zero-order valence-electron chi connectivity index (χ0n) is 49.1. The minimum atomic E-state index is -0.895. The van der Waals surface area contributed by atoms with Crippen LogP contribution >= 0.6 is 0 Å². The molecule has 2 aliphatic rings. The van der Waals surface area contributed by atoms with E-state index in [-0.39, 0.29) is 26.4 Å². The molecule has 0 aromatic heterocycles. The maximum atomic E-state index is 14.2. The van der Waals surface area contributed by atoms with Gasteiger partial charge in [0.15, 0.2) is 23.0 Å². The van der Waals surface area contributed by atoms with Crippen LogP contribution in [0.2, 0.25) is 0 Å². The number of ether oxygens (including phenoxy) is 9. The number of methoxy groups -OCH3 is 4. The van der Waals surface area contributed by atoms with Gasteiger partial charge >= 0.3 is 11.9 Å². The highest BCUT2D eigenvalue weighted by atomic mass is 16.6. The first-order valence-electron chi connectivity index (χ1n) is 28.4. The second-order valence-corrected chi connectivity index (χ2v) is 21.9. The molecule has 0 aliphatic carbocycles. The van der Waals surface area contributed by atoms with Gasteiger partial charge in [0.05, 0.1) is 41.7 Å². The van der Waals surface area contributed by atoms with E-state index in [9.17, 15) is 28.8 Å². The van der Waals surface area contributed by atoms with Gasteiger partial charge in [-0.05, 0) is 148 Å². The zero-order chi connectivity index (χ0) is 58.7. The van der Waals surface area contributed by atoms with Crippen LogP contribution in [0.5, 0.6) is 34.5 Å². The number of rotatable bonds is 30. The number of Topliss-reactive ketones (excluding diaryl/α,β-unsaturated/α-hetero) is 2. The van der Waals surface area contributed by atoms with Gasteiger partial charge in [0.25, 0.3) is 11.8 Å². The van der Waals surface area contributed by atoms with Crippen LogP contribution in [0, 0.1) is 10.8 Å². The van der Waals surface area contributed by atoms with Gasteiger partial charge in [-0.3, -0.25) is 19.2 Å². The Morgan fingerprint density at radius 1 is 0.506 bits per heavy atom. The predicted octanol–water partition coefficient (Wildman–Crippen LogP) is 10.4. The molecular formula is C64H84N2O15. The highest BCUT2D eigenvalue weighted by molar-refractivity contribution is 6.38. The third-order valence-corrected chi connectivity index (χ3v) is 15.7. The molecule has 17 heteroatoms. The van der Waals surface area contributed by atoms with Crippen molar-refractivity contribution >= 4 is 35.3 Å². The van der Waals surface area contributed by atoms with E-state index in [2.05, 4.69) is 0 Å². The highest BCUT2D eigenvalue weighted by Gasteiger charge is 2.43. The lowest BCUT2D eigenvalue weighted by atomic mass is 9.84. The fraction of sp³-hybridized carbons (Fsp3) is 0.531. The van der Waals surface area contributed by atoms with Gasteiger partial charge in [-0.2, -0.15) is 0 Å². The van der Waals surface area contributed by atoms with Crippen molar-refractivity contribution in [1.82, 2.24) is 9.80 Å². The maximum Gasteiger partial charge on any atom is 0.329 e. The van der Waals surface area contributed by atoms with Crippen LogP contribution in [0.4, 0.5) is 0 Å². The SMILES string of the molecule is CCC(C)(C)C(=O)C(=O)N1CCCC[C@H]1C(=O)O[C@H](CCc1ccc(OC)c(OC)c1)c1cccc(OCCOCCOc2cccc([C@@H](CCc3ccc(OC)c(OC)c3)OC(=O)[C@@H]3CCCCN3C(=O)C(=O)C(C)(C)CC)c2)c1. The molecule has 440 valence electrons. The van der Waals surface area contributed by atoms with Crippen molar-refractivity contribution in [3.05, 3.63) is 107 Å². The molecule has 0 saturated carbocycles. The number of hydrogen-bond acceptors (Lipinski definition) is 15. The van der Waals surface area contributed by atoms with Crippen molar-refractivity contribution < 1.29 is 71.4 Å². The number of benzene rings is 4. The van der Waals surface area contributed by atoms with Gasteiger partial charge in [0.1, 0.15) is 49.0 Å². The van der Waals surface area contributed by atoms with E-state index in [1.807, 2.05) is 98.8 Å². The smallest absolute Gasteiger partial charge is 0.329 e. The van der Waals surface area contributed by atoms with Gasteiger partial charge < -0.3 is 52.4 Å². The number of ketones is 2. The molecule has 17 nitrogen and oxygen atoms in total. The standard InChI is InChI=1S/C64H84N2O15/c1-11-63(3,4)57(67)59(69)65-33-15-13-23-49(65)61(71)80-51(29-25-43-27-31-53(73-7)55(39-43)75-9)45-19-17-21-47(41-45)78-37-35-77-36-38-79-48-22-18-20-46(42-48)52(30-26-44-28-32-54(74-8)56(40-44)76-10)81-62(72)50-24-14-16-34-66(50)60(70)58(68)64(5,6)12-2/h17-22,27-28,31-32,39-42,49-52H,11-16,23-26,29-30,33-38H2,1-10H3/t49-,50-,51+,52+/m0/s1. The monoisotopic (exact) mass is 1120 g/mol. The normalized spacial score (nSPS) is 16.3. The lowest BCUT2D eigenvalue weighted by Gasteiger charge is -2.36. The summed E-state index contributed by atoms with van der Waals surface area (Å²) in [6.07, 6.45) is 4.92. The van der Waals surface area contributed by atoms with Crippen molar-refractivity contribution in [2.75, 3.05) is 68.0 Å². The summed E-state index contributed by atoms with van der Waals surface area (Å²) in [7, 11) is 6.30. The number of aryl methyl sites for hydroxylation is 2. The molecule has 4 atom stereocenters. The number of nitrogens with zero attached hydrogens (tertiary/aromatic N) is 2. The maximum absolute atomic E-state index is 14.2. The van der Waals surface area contributed by atoms with Crippen molar-refractivity contribution in [1.29, 1.82) is 0 Å². The average Bonchev–Trinajstić information content (AvgIpc) is 3.51. The van der Waals surface area contributed by atoms with Crippen molar-refractivity contribution in [3.8, 4) is 34.5 Å². The van der Waals surface area contributed by atoms with Crippen molar-refractivity contribution in [3.63, 3.8) is 0 Å². The first-order chi connectivity index (χ1) is 38.9. The lowest BCUT2D eigenvalue weighted by molar-refractivity contribution is -0.165. The molecule has 0 N–H and O–H groups in total. The largest absolute Gasteiger partial charge is 0.493 e. The minimum absolute atomic E-state index is 0.206. The fourth-order valence-corrected chi connectivity index (χ4v) is 9.84. The second-order valence-electron chi connectivity index (χ2n) is 21.9. The predicted molar refractivity (Wildman–Crippen MR) is 305 cm³/mol. The zero-order valence-corrected chi connectivity index (χ0v) is 49.1. The summed E-state index contributed by atoms with van der Waals surface area (Å²) in [5.74, 6) is -0.0514. The Morgan fingerprint density at radius 3 is 1.27 bits per heavy atom. The second kappa shape index (κ2) is 30.1. The van der Waals surface area contributed by atoms with Gasteiger partial charge in [-0.15, -0.1) is 0 Å². The molecule has 2 fully saturated rings. The molecule has 0 spiro atoms. The van der Waals surface area contributed by atoms with Gasteiger partial charge in [0.2, 0.25) is 11.6 Å². The Hall–Kier alpha value is -7.14. The summed E-state index contributed by atoms with van der Waals surface area (Å²) in [6, 6.07) is 24.2. The Balaban J connectivity index is 1.09. The Bertz CT molecular complexity index is 2590. The van der Waals surface area contributed by atoms with Gasteiger partial charge in [-0.25, -0.2) is 9.59 Å². The van der Waals surface area contributed by atoms with E-state index in [0.717, 1.165) is 11.1 Å². The van der Waals surface area contributed by atoms with E-state index >= 15 is 0 Å². The molecule has 81 heavy (non-hydrogen) atoms. The van der Waals surface area contributed by atoms with Crippen LogP contribution in [0.1, 0.15) is 140 Å². The lowest BCUT2D eigenvalue weighted by Crippen LogP contribution is -2.53. The Morgan fingerprint density at radius 2 is 0.901 bits per heavy atom. The number of carbonyl (C=O) groups excluding carboxylic acids is 6. The van der Waals surface area contributed by atoms with Crippen molar-refractivity contribution in [2.24, 2.45) is 10.8 Å². The van der Waals surface area contributed by atoms with E-state index in [4.69, 9.17) is 42.6 Å². The van der Waals surface area contributed by atoms with E-state index < -0.39 is 70.4 Å². The van der Waals surface area contributed by atoms with E-state index in [1.54, 1.807) is 56.1 Å². The number of likely N-dealkylation sites (tertiary alicyclic amines) is 2. The van der Waals surface area contributed by atoms with Crippen LogP contribution in [0.3, 0.4) is 0 Å². The van der Waals surface area contributed by atoms with Crippen LogP contribution < -0.4 is 28.4 Å². The van der Waals surface area contributed by atoms with Gasteiger partial charge in [-0.1, -0.05) is 77.9 Å². The van der Waals surface area contributed by atoms with Crippen LogP contribution in [0.25, 0.3) is 0 Å². The highest BCUT2D eigenvalue weighted by Crippen LogP contribution is 2.36. The molecule has 2 saturated heterocycles. The molecule has 0 bridgehead atoms. The Kier molecular flexibility index (Phi) is 23.4. The molecule has 2 aliphatic heterocycles. The molecule has 0 radical (unpaired) electrons. The molecule has 0 unspecified atom stereocenters. The molecule has 2 amide bonds. The fourth-order valence-electron chi connectivity index (χ4n) is 9.84. The quantitative estimate of drug-likeness (QED) is 0.0272. The van der Waals surface area contributed by atoms with E-state index in [1.165, 1.54) is 9.80 Å². The van der Waals surface area contributed by atoms with Crippen LogP contribution in [-0.4, -0.2) is 125 Å². The number of esters is 2. The molecule has 4 aromatic rings. The minimum Gasteiger partial charge on any atom is -0.493 e. The summed E-state index contributed by atoms with van der Waals surface area (Å²) in [5.41, 5.74) is 1.55. The summed E-state index contributed by atoms with van der Waals surface area (Å²) in [6.45, 7) is 12.2. The molecular weight excluding hydrogens is 1040 g/mol. The van der Waals surface area contributed by atoms with Crippen molar-refractivity contribution in [2.45, 2.75) is 143 Å². The molecule has 2 heterocycles. The average molecular weight is 1120 g/mol. The van der Waals surface area contributed by atoms with Crippen LogP contribution in [0.15, 0.2) is 84.9 Å². The van der Waals surface area contributed by atoms with Crippen LogP contribution in [-0.2, 0) is 55.8 Å². The number of amides is 2. The number of piperidine rings is 2.